The van der Waals surface area contributed by atoms with Crippen LogP contribution in [0.25, 0.3) is 0 Å². The summed E-state index contributed by atoms with van der Waals surface area (Å²) in [7, 11) is 0. The smallest absolute Gasteiger partial charge is 0.306 e. The molecule has 0 saturated heterocycles. The highest BCUT2D eigenvalue weighted by molar-refractivity contribution is 5.71. The first-order valence-corrected chi connectivity index (χ1v) is 29.5. The average molecular weight is 942 g/mol. The minimum absolute atomic E-state index is 0.0733. The van der Waals surface area contributed by atoms with Crippen molar-refractivity contribution in [1.82, 2.24) is 0 Å². The summed E-state index contributed by atoms with van der Waals surface area (Å²) in [6.45, 7) is 6.64. The van der Waals surface area contributed by atoms with Crippen molar-refractivity contribution in [3.8, 4) is 0 Å². The molecule has 0 fully saturated rings. The molecule has 0 N–H and O–H groups in total. The number of rotatable bonds is 54. The van der Waals surface area contributed by atoms with Crippen LogP contribution in [-0.4, -0.2) is 37.2 Å². The average Bonchev–Trinajstić information content (AvgIpc) is 3.33. The molecule has 392 valence electrons. The topological polar surface area (TPSA) is 78.9 Å². The van der Waals surface area contributed by atoms with Crippen LogP contribution in [0, 0.1) is 0 Å². The van der Waals surface area contributed by atoms with E-state index < -0.39 is 6.10 Å². The molecule has 0 saturated carbocycles. The monoisotopic (exact) mass is 941 g/mol. The van der Waals surface area contributed by atoms with Crippen LogP contribution in [0.15, 0.2) is 36.5 Å². The maximum absolute atomic E-state index is 12.9. The number of hydrogen-bond acceptors (Lipinski definition) is 6. The molecule has 6 nitrogen and oxygen atoms in total. The number of unbranched alkanes of at least 4 members (excludes halogenated alkanes) is 37. The van der Waals surface area contributed by atoms with Gasteiger partial charge in [-0.05, 0) is 77.0 Å². The molecule has 0 bridgehead atoms. The minimum atomic E-state index is -0.774. The molecule has 67 heavy (non-hydrogen) atoms. The van der Waals surface area contributed by atoms with E-state index >= 15 is 0 Å². The molecule has 0 unspecified atom stereocenters. The number of ether oxygens (including phenoxy) is 3. The first kappa shape index (κ1) is 64.6. The van der Waals surface area contributed by atoms with Gasteiger partial charge in [0.25, 0.3) is 0 Å². The summed E-state index contributed by atoms with van der Waals surface area (Å²) in [5, 5.41) is 0. The number of carbonyl (C=O) groups is 3. The Morgan fingerprint density at radius 3 is 0.866 bits per heavy atom. The van der Waals surface area contributed by atoms with Gasteiger partial charge >= 0.3 is 17.9 Å². The first-order chi connectivity index (χ1) is 33.0. The van der Waals surface area contributed by atoms with Crippen LogP contribution in [0.5, 0.6) is 0 Å². The molecule has 0 rings (SSSR count). The Morgan fingerprint density at radius 1 is 0.299 bits per heavy atom. The molecule has 0 amide bonds. The molecule has 0 aromatic carbocycles. The SMILES string of the molecule is CCCCC/C=C\C/C=C\CCCCCCCCCCCC(=O)OC[C@H](COC(=O)CCCCCCC/C=C\CCCCCCCC)OC(=O)CCCCCCCCCCCCCCCCC. The molecule has 0 spiro atoms. The number of carbonyl (C=O) groups excluding carboxylic acids is 3. The fourth-order valence-electron chi connectivity index (χ4n) is 8.65. The van der Waals surface area contributed by atoms with Gasteiger partial charge in [-0.15, -0.1) is 0 Å². The van der Waals surface area contributed by atoms with Gasteiger partial charge in [-0.2, -0.15) is 0 Å². The van der Waals surface area contributed by atoms with Crippen LogP contribution in [0.4, 0.5) is 0 Å². The summed E-state index contributed by atoms with van der Waals surface area (Å²) in [5.41, 5.74) is 0. The minimum Gasteiger partial charge on any atom is -0.462 e. The molecule has 6 heteroatoms. The Balaban J connectivity index is 4.34. The van der Waals surface area contributed by atoms with Crippen molar-refractivity contribution in [2.45, 2.75) is 322 Å². The highest BCUT2D eigenvalue weighted by Gasteiger charge is 2.19. The number of hydrogen-bond donors (Lipinski definition) is 0. The van der Waals surface area contributed by atoms with Gasteiger partial charge in [-0.25, -0.2) is 0 Å². The fourth-order valence-corrected chi connectivity index (χ4v) is 8.65. The summed E-state index contributed by atoms with van der Waals surface area (Å²) in [6.07, 6.45) is 67.0. The lowest BCUT2D eigenvalue weighted by Gasteiger charge is -2.18. The molecule has 0 aromatic rings. The quantitative estimate of drug-likeness (QED) is 0.0262. The second-order valence-corrected chi connectivity index (χ2v) is 19.9. The van der Waals surface area contributed by atoms with E-state index in [4.69, 9.17) is 14.2 Å². The Hall–Kier alpha value is -2.37. The highest BCUT2D eigenvalue weighted by atomic mass is 16.6. The first-order valence-electron chi connectivity index (χ1n) is 29.5. The summed E-state index contributed by atoms with van der Waals surface area (Å²) in [5.74, 6) is -0.867. The lowest BCUT2D eigenvalue weighted by molar-refractivity contribution is -0.167. The van der Waals surface area contributed by atoms with E-state index in [1.807, 2.05) is 0 Å². The second-order valence-electron chi connectivity index (χ2n) is 19.9. The van der Waals surface area contributed by atoms with Gasteiger partial charge in [-0.3, -0.25) is 14.4 Å². The number of allylic oxidation sites excluding steroid dienone is 6. The third-order valence-corrected chi connectivity index (χ3v) is 13.1. The van der Waals surface area contributed by atoms with Gasteiger partial charge in [0.15, 0.2) is 6.10 Å². The van der Waals surface area contributed by atoms with E-state index in [0.717, 1.165) is 70.6 Å². The van der Waals surface area contributed by atoms with Gasteiger partial charge in [-0.1, -0.05) is 256 Å². The predicted octanol–water partition coefficient (Wildman–Crippen LogP) is 19.7. The van der Waals surface area contributed by atoms with Crippen LogP contribution in [0.3, 0.4) is 0 Å². The molecule has 0 aliphatic carbocycles. The van der Waals surface area contributed by atoms with Crippen molar-refractivity contribution in [3.63, 3.8) is 0 Å². The third-order valence-electron chi connectivity index (χ3n) is 13.1. The zero-order chi connectivity index (χ0) is 48.6. The van der Waals surface area contributed by atoms with E-state index in [1.165, 1.54) is 205 Å². The highest BCUT2D eigenvalue weighted by Crippen LogP contribution is 2.16. The van der Waals surface area contributed by atoms with Gasteiger partial charge in [0.05, 0.1) is 0 Å². The van der Waals surface area contributed by atoms with Crippen LogP contribution in [-0.2, 0) is 28.6 Å². The van der Waals surface area contributed by atoms with E-state index in [1.54, 1.807) is 0 Å². The molecule has 0 aromatic heterocycles. The van der Waals surface area contributed by atoms with Crippen molar-refractivity contribution < 1.29 is 28.6 Å². The van der Waals surface area contributed by atoms with E-state index in [0.29, 0.717) is 19.3 Å². The van der Waals surface area contributed by atoms with E-state index in [9.17, 15) is 14.4 Å². The summed E-state index contributed by atoms with van der Waals surface area (Å²) >= 11 is 0. The largest absolute Gasteiger partial charge is 0.462 e. The molecular formula is C61H112O6. The van der Waals surface area contributed by atoms with Crippen molar-refractivity contribution in [3.05, 3.63) is 36.5 Å². The van der Waals surface area contributed by atoms with Crippen molar-refractivity contribution in [2.75, 3.05) is 13.2 Å². The van der Waals surface area contributed by atoms with Gasteiger partial charge < -0.3 is 14.2 Å². The van der Waals surface area contributed by atoms with E-state index in [2.05, 4.69) is 57.2 Å². The zero-order valence-electron chi connectivity index (χ0n) is 44.9. The third kappa shape index (κ3) is 54.4. The molecule has 0 aliphatic rings. The van der Waals surface area contributed by atoms with E-state index in [-0.39, 0.29) is 31.1 Å². The van der Waals surface area contributed by atoms with Crippen LogP contribution in [0.1, 0.15) is 316 Å². The molecular weight excluding hydrogens is 829 g/mol. The van der Waals surface area contributed by atoms with Gasteiger partial charge in [0.2, 0.25) is 0 Å². The lowest BCUT2D eigenvalue weighted by atomic mass is 10.0. The van der Waals surface area contributed by atoms with Gasteiger partial charge in [0, 0.05) is 19.3 Å². The molecule has 0 aliphatic heterocycles. The summed E-state index contributed by atoms with van der Waals surface area (Å²) in [4.78, 5) is 38.2. The van der Waals surface area contributed by atoms with Crippen molar-refractivity contribution in [2.24, 2.45) is 0 Å². The Bertz CT molecular complexity index is 1130. The normalized spacial score (nSPS) is 12.2. The predicted molar refractivity (Wildman–Crippen MR) is 289 cm³/mol. The van der Waals surface area contributed by atoms with Crippen LogP contribution in [0.2, 0.25) is 0 Å². The maximum Gasteiger partial charge on any atom is 0.306 e. The molecule has 0 radical (unpaired) electrons. The maximum atomic E-state index is 12.9. The van der Waals surface area contributed by atoms with Crippen molar-refractivity contribution in [1.29, 1.82) is 0 Å². The standard InChI is InChI=1S/C61H112O6/c1-4-7-10-13-16-19-22-25-28-29-30-31-34-36-39-42-45-48-51-54-60(63)66-57-58(67-61(64)55-52-49-46-43-40-37-33-27-24-21-18-15-12-9-6-3)56-65-59(62)53-50-47-44-41-38-35-32-26-23-20-17-14-11-8-5-2/h16,19,25-26,28,32,58H,4-15,17-18,20-24,27,29-31,33-57H2,1-3H3/b19-16-,28-25-,32-26-/t58-/m0/s1. The molecule has 0 heterocycles. The number of esters is 3. The summed E-state index contributed by atoms with van der Waals surface area (Å²) < 4.78 is 16.9. The Morgan fingerprint density at radius 2 is 0.537 bits per heavy atom. The van der Waals surface area contributed by atoms with Gasteiger partial charge in [0.1, 0.15) is 13.2 Å². The Labute approximate surface area is 416 Å². The fraction of sp³-hybridized carbons (Fsp3) is 0.852. The van der Waals surface area contributed by atoms with Crippen LogP contribution < -0.4 is 0 Å². The molecule has 1 atom stereocenters. The van der Waals surface area contributed by atoms with Crippen LogP contribution >= 0.6 is 0 Å². The second kappa shape index (κ2) is 56.2. The Kier molecular flexibility index (Phi) is 54.2. The van der Waals surface area contributed by atoms with Crippen molar-refractivity contribution >= 4 is 17.9 Å². The zero-order valence-corrected chi connectivity index (χ0v) is 44.9. The summed E-state index contributed by atoms with van der Waals surface area (Å²) in [6, 6.07) is 0. The lowest BCUT2D eigenvalue weighted by Crippen LogP contribution is -2.30.